The van der Waals surface area contributed by atoms with Gasteiger partial charge < -0.3 is 0 Å². The second-order valence-electron chi connectivity index (χ2n) is 2.43. The van der Waals surface area contributed by atoms with Crippen molar-refractivity contribution in [3.63, 3.8) is 0 Å². The summed E-state index contributed by atoms with van der Waals surface area (Å²) in [5.74, 6) is 0. The highest BCUT2D eigenvalue weighted by atomic mass is 79.9. The van der Waals surface area contributed by atoms with Crippen LogP contribution in [0.15, 0.2) is 47.2 Å². The van der Waals surface area contributed by atoms with Gasteiger partial charge in [-0.1, -0.05) is 15.9 Å². The van der Waals surface area contributed by atoms with Crippen LogP contribution >= 0.6 is 15.9 Å². The molecule has 0 saturated carbocycles. The molecule has 2 nitrogen and oxygen atoms in total. The van der Waals surface area contributed by atoms with E-state index < -0.39 is 0 Å². The van der Waals surface area contributed by atoms with Gasteiger partial charge in [0.25, 0.3) is 0 Å². The normalized spacial score (nSPS) is 10.1. The second kappa shape index (κ2) is 3.11. The lowest BCUT2D eigenvalue weighted by Crippen LogP contribution is -1.92. The van der Waals surface area contributed by atoms with Gasteiger partial charge in [-0.3, -0.25) is 0 Å². The highest BCUT2D eigenvalue weighted by molar-refractivity contribution is 9.10. The highest BCUT2D eigenvalue weighted by Gasteiger charge is 1.93. The van der Waals surface area contributed by atoms with Gasteiger partial charge >= 0.3 is 0 Å². The second-order valence-corrected chi connectivity index (χ2v) is 3.34. The first-order valence-corrected chi connectivity index (χ1v) is 4.41. The summed E-state index contributed by atoms with van der Waals surface area (Å²) in [4.78, 5) is 0. The van der Waals surface area contributed by atoms with Gasteiger partial charge in [-0.2, -0.15) is 5.10 Å². The fourth-order valence-corrected chi connectivity index (χ4v) is 1.28. The van der Waals surface area contributed by atoms with Crippen molar-refractivity contribution >= 4 is 15.9 Å². The van der Waals surface area contributed by atoms with E-state index in [2.05, 4.69) is 21.0 Å². The maximum atomic E-state index is 4.12. The molecule has 0 aliphatic rings. The minimum absolute atomic E-state index is 1.07. The van der Waals surface area contributed by atoms with E-state index in [1.54, 1.807) is 6.20 Å². The zero-order valence-electron chi connectivity index (χ0n) is 6.31. The van der Waals surface area contributed by atoms with Crippen LogP contribution in [0.3, 0.4) is 0 Å². The van der Waals surface area contributed by atoms with Crippen molar-refractivity contribution in [2.75, 3.05) is 0 Å². The van der Waals surface area contributed by atoms with Gasteiger partial charge in [-0.05, 0) is 30.3 Å². The molecule has 1 aromatic heterocycles. The topological polar surface area (TPSA) is 17.8 Å². The zero-order chi connectivity index (χ0) is 8.39. The molecule has 0 atom stereocenters. The number of nitrogens with zero attached hydrogens (tertiary/aromatic N) is 2. The van der Waals surface area contributed by atoms with Crippen LogP contribution in [-0.4, -0.2) is 9.78 Å². The Kier molecular flexibility index (Phi) is 1.96. The largest absolute Gasteiger partial charge is 0.241 e. The van der Waals surface area contributed by atoms with Crippen LogP contribution in [0.1, 0.15) is 0 Å². The van der Waals surface area contributed by atoms with Crippen molar-refractivity contribution in [3.05, 3.63) is 47.2 Å². The SMILES string of the molecule is Brc1ccc(-n2cccn2)cc1. The molecule has 0 unspecified atom stereocenters. The zero-order valence-corrected chi connectivity index (χ0v) is 7.90. The number of hydrogen-bond donors (Lipinski definition) is 0. The van der Waals surface area contributed by atoms with Crippen molar-refractivity contribution in [3.8, 4) is 5.69 Å². The molecule has 3 heteroatoms. The summed E-state index contributed by atoms with van der Waals surface area (Å²) < 4.78 is 2.91. The van der Waals surface area contributed by atoms with Gasteiger partial charge in [-0.15, -0.1) is 0 Å². The van der Waals surface area contributed by atoms with E-state index in [1.165, 1.54) is 0 Å². The number of aromatic nitrogens is 2. The fourth-order valence-electron chi connectivity index (χ4n) is 1.02. The first kappa shape index (κ1) is 7.55. The van der Waals surface area contributed by atoms with Gasteiger partial charge in [0.2, 0.25) is 0 Å². The molecular weight excluding hydrogens is 216 g/mol. The number of hydrogen-bond acceptors (Lipinski definition) is 1. The third-order valence-electron chi connectivity index (χ3n) is 1.60. The highest BCUT2D eigenvalue weighted by Crippen LogP contribution is 2.12. The maximum absolute atomic E-state index is 4.12. The summed E-state index contributed by atoms with van der Waals surface area (Å²) in [7, 11) is 0. The maximum Gasteiger partial charge on any atom is 0.0646 e. The first-order chi connectivity index (χ1) is 5.86. The molecule has 0 aliphatic carbocycles. The molecule has 2 aromatic rings. The molecule has 0 amide bonds. The lowest BCUT2D eigenvalue weighted by atomic mass is 10.3. The van der Waals surface area contributed by atoms with Crippen molar-refractivity contribution in [1.29, 1.82) is 0 Å². The summed E-state index contributed by atoms with van der Waals surface area (Å²) in [5, 5.41) is 4.12. The molecule has 0 fully saturated rings. The van der Waals surface area contributed by atoms with E-state index in [0.29, 0.717) is 0 Å². The van der Waals surface area contributed by atoms with Gasteiger partial charge in [-0.25, -0.2) is 4.68 Å². The van der Waals surface area contributed by atoms with E-state index in [1.807, 2.05) is 41.2 Å². The van der Waals surface area contributed by atoms with Crippen LogP contribution in [0.5, 0.6) is 0 Å². The molecule has 0 aliphatic heterocycles. The Bertz CT molecular complexity index is 351. The lowest BCUT2D eigenvalue weighted by molar-refractivity contribution is 0.880. The predicted octanol–water partition coefficient (Wildman–Crippen LogP) is 2.63. The average Bonchev–Trinajstić information content (AvgIpc) is 2.58. The van der Waals surface area contributed by atoms with Crippen LogP contribution in [-0.2, 0) is 0 Å². The molecule has 0 N–H and O–H groups in total. The molecule has 0 bridgehead atoms. The average molecular weight is 223 g/mol. The van der Waals surface area contributed by atoms with Crippen LogP contribution in [0.25, 0.3) is 5.69 Å². The molecule has 0 saturated heterocycles. The van der Waals surface area contributed by atoms with E-state index in [-0.39, 0.29) is 0 Å². The van der Waals surface area contributed by atoms with E-state index in [9.17, 15) is 0 Å². The van der Waals surface area contributed by atoms with Crippen molar-refractivity contribution in [2.45, 2.75) is 0 Å². The Morgan fingerprint density at radius 3 is 2.50 bits per heavy atom. The van der Waals surface area contributed by atoms with Gasteiger partial charge in [0.15, 0.2) is 0 Å². The molecule has 1 heterocycles. The Balaban J connectivity index is 2.43. The van der Waals surface area contributed by atoms with E-state index in [0.717, 1.165) is 10.2 Å². The number of rotatable bonds is 1. The lowest BCUT2D eigenvalue weighted by Gasteiger charge is -1.99. The van der Waals surface area contributed by atoms with Gasteiger partial charge in [0, 0.05) is 16.9 Å². The minimum Gasteiger partial charge on any atom is -0.241 e. The molecule has 1 aromatic carbocycles. The predicted molar refractivity (Wildman–Crippen MR) is 51.3 cm³/mol. The van der Waals surface area contributed by atoms with E-state index >= 15 is 0 Å². The smallest absolute Gasteiger partial charge is 0.0646 e. The number of halogens is 1. The quantitative estimate of drug-likeness (QED) is 0.726. The number of benzene rings is 1. The third kappa shape index (κ3) is 1.41. The third-order valence-corrected chi connectivity index (χ3v) is 2.12. The van der Waals surface area contributed by atoms with Crippen molar-refractivity contribution in [1.82, 2.24) is 9.78 Å². The van der Waals surface area contributed by atoms with Crippen LogP contribution in [0.4, 0.5) is 0 Å². The monoisotopic (exact) mass is 222 g/mol. The van der Waals surface area contributed by atoms with Crippen LogP contribution in [0.2, 0.25) is 0 Å². The van der Waals surface area contributed by atoms with Crippen LogP contribution in [0, 0.1) is 0 Å². The van der Waals surface area contributed by atoms with Crippen molar-refractivity contribution in [2.24, 2.45) is 0 Å². The van der Waals surface area contributed by atoms with Crippen molar-refractivity contribution < 1.29 is 0 Å². The minimum atomic E-state index is 1.07. The summed E-state index contributed by atoms with van der Waals surface area (Å²) in [6.07, 6.45) is 3.69. The molecule has 12 heavy (non-hydrogen) atoms. The molecular formula is C9H7BrN2. The molecule has 0 spiro atoms. The standard InChI is InChI=1S/C9H7BrN2/c10-8-2-4-9(5-3-8)12-7-1-6-11-12/h1-7H. The summed E-state index contributed by atoms with van der Waals surface area (Å²) in [5.41, 5.74) is 1.07. The Labute approximate surface area is 79.0 Å². The van der Waals surface area contributed by atoms with Crippen LogP contribution < -0.4 is 0 Å². The molecule has 2 rings (SSSR count). The molecule has 60 valence electrons. The van der Waals surface area contributed by atoms with Gasteiger partial charge in [0.1, 0.15) is 0 Å². The fraction of sp³-hybridized carbons (Fsp3) is 0. The first-order valence-electron chi connectivity index (χ1n) is 3.62. The Morgan fingerprint density at radius 1 is 1.17 bits per heavy atom. The summed E-state index contributed by atoms with van der Waals surface area (Å²) in [6.45, 7) is 0. The van der Waals surface area contributed by atoms with E-state index in [4.69, 9.17) is 0 Å². The van der Waals surface area contributed by atoms with Gasteiger partial charge in [0.05, 0.1) is 5.69 Å². The Hall–Kier alpha value is -1.09. The summed E-state index contributed by atoms with van der Waals surface area (Å²) >= 11 is 3.38. The molecule has 0 radical (unpaired) electrons. The Morgan fingerprint density at radius 2 is 1.92 bits per heavy atom. The summed E-state index contributed by atoms with van der Waals surface area (Å²) in [6, 6.07) is 9.92.